The number of nitrogens with zero attached hydrogens (tertiary/aromatic N) is 1. The van der Waals surface area contributed by atoms with Gasteiger partial charge in [-0.15, -0.1) is 0 Å². The van der Waals surface area contributed by atoms with E-state index in [1.807, 2.05) is 0 Å². The molecule has 1 aliphatic rings. The Bertz CT molecular complexity index is 365. The van der Waals surface area contributed by atoms with Crippen LogP contribution in [0.1, 0.15) is 13.3 Å². The van der Waals surface area contributed by atoms with Crippen molar-refractivity contribution >= 4 is 30.4 Å². The fourth-order valence-corrected chi connectivity index (χ4v) is 3.58. The molecule has 114 valence electrons. The highest BCUT2D eigenvalue weighted by atomic mass is 32.2. The van der Waals surface area contributed by atoms with Crippen molar-refractivity contribution in [3.05, 3.63) is 0 Å². The molecular formula is C12H21N3O4S. The van der Waals surface area contributed by atoms with Gasteiger partial charge < -0.3 is 20.7 Å². The molecule has 1 aliphatic heterocycles. The molecule has 1 fully saturated rings. The van der Waals surface area contributed by atoms with E-state index in [2.05, 4.69) is 10.3 Å². The lowest BCUT2D eigenvalue weighted by Gasteiger charge is -2.21. The maximum Gasteiger partial charge on any atom is 0.321 e. The van der Waals surface area contributed by atoms with Gasteiger partial charge >= 0.3 is 5.97 Å². The molecule has 1 rings (SSSR count). The Kier molecular flexibility index (Phi) is 6.97. The van der Waals surface area contributed by atoms with Crippen LogP contribution in [0.25, 0.3) is 0 Å². The van der Waals surface area contributed by atoms with E-state index in [1.54, 1.807) is 0 Å². The number of thioether (sulfide) groups is 1. The summed E-state index contributed by atoms with van der Waals surface area (Å²) in [6, 6.07) is -1.03. The summed E-state index contributed by atoms with van der Waals surface area (Å²) in [5.41, 5.74) is 5.14. The van der Waals surface area contributed by atoms with Gasteiger partial charge in [0, 0.05) is 23.6 Å². The zero-order chi connectivity index (χ0) is 15.1. The van der Waals surface area contributed by atoms with Crippen molar-refractivity contribution in [2.24, 2.45) is 16.6 Å². The summed E-state index contributed by atoms with van der Waals surface area (Å²) in [5.74, 6) is -0.871. The molecule has 7 nitrogen and oxygen atoms in total. The lowest BCUT2D eigenvalue weighted by molar-refractivity contribution is -0.139. The van der Waals surface area contributed by atoms with E-state index in [-0.39, 0.29) is 11.3 Å². The van der Waals surface area contributed by atoms with Crippen LogP contribution in [0.4, 0.5) is 0 Å². The molecule has 20 heavy (non-hydrogen) atoms. The summed E-state index contributed by atoms with van der Waals surface area (Å²) in [4.78, 5) is 26.1. The van der Waals surface area contributed by atoms with Crippen LogP contribution in [0, 0.1) is 5.92 Å². The maximum atomic E-state index is 11.3. The van der Waals surface area contributed by atoms with E-state index in [1.165, 1.54) is 25.0 Å². The second-order valence-electron chi connectivity index (χ2n) is 4.74. The molecule has 0 aliphatic carbocycles. The number of rotatable bonds is 8. The number of carboxylic acids is 1. The SMILES string of the molecule is C[C@@H](O)[C@@H](C=O)[C@H]1C[C@@H](SCCN=CN)[C@H](C(=O)O)N1. The van der Waals surface area contributed by atoms with Gasteiger partial charge in [-0.25, -0.2) is 0 Å². The third-order valence-electron chi connectivity index (χ3n) is 3.35. The third kappa shape index (κ3) is 4.46. The highest BCUT2D eigenvalue weighted by Crippen LogP contribution is 2.30. The average molecular weight is 303 g/mol. The number of hydrogen-bond acceptors (Lipinski definition) is 6. The molecule has 5 N–H and O–H groups in total. The molecule has 0 radical (unpaired) electrons. The van der Waals surface area contributed by atoms with Crippen LogP contribution in [0.2, 0.25) is 0 Å². The van der Waals surface area contributed by atoms with Crippen LogP contribution < -0.4 is 11.1 Å². The molecule has 5 atom stereocenters. The smallest absolute Gasteiger partial charge is 0.321 e. The largest absolute Gasteiger partial charge is 0.480 e. The van der Waals surface area contributed by atoms with Gasteiger partial charge in [0.05, 0.1) is 18.4 Å². The highest BCUT2D eigenvalue weighted by Gasteiger charge is 2.42. The number of hydrogen-bond donors (Lipinski definition) is 4. The van der Waals surface area contributed by atoms with Crippen molar-refractivity contribution in [1.29, 1.82) is 0 Å². The van der Waals surface area contributed by atoms with Gasteiger partial charge in [0.1, 0.15) is 12.3 Å². The first-order valence-electron chi connectivity index (χ1n) is 6.45. The number of carboxylic acid groups (broad SMARTS) is 1. The van der Waals surface area contributed by atoms with E-state index < -0.39 is 24.0 Å². The topological polar surface area (TPSA) is 125 Å². The van der Waals surface area contributed by atoms with Gasteiger partial charge in [-0.05, 0) is 13.3 Å². The molecule has 0 unspecified atom stereocenters. The fraction of sp³-hybridized carbons (Fsp3) is 0.750. The minimum Gasteiger partial charge on any atom is -0.480 e. The first kappa shape index (κ1) is 16.9. The summed E-state index contributed by atoms with van der Waals surface area (Å²) in [5, 5.41) is 21.6. The Morgan fingerprint density at radius 1 is 1.65 bits per heavy atom. The van der Waals surface area contributed by atoms with Gasteiger partial charge in [0.2, 0.25) is 0 Å². The number of aliphatic carboxylic acids is 1. The summed E-state index contributed by atoms with van der Waals surface area (Å²) in [7, 11) is 0. The number of nitrogens with two attached hydrogens (primary N) is 1. The van der Waals surface area contributed by atoms with E-state index in [0.717, 1.165) is 0 Å². The molecule has 0 spiro atoms. The number of aliphatic hydroxyl groups excluding tert-OH is 1. The summed E-state index contributed by atoms with van der Waals surface area (Å²) < 4.78 is 0. The zero-order valence-electron chi connectivity index (χ0n) is 11.3. The normalized spacial score (nSPS) is 29.4. The molecule has 1 saturated heterocycles. The molecule has 0 saturated carbocycles. The Morgan fingerprint density at radius 2 is 2.35 bits per heavy atom. The summed E-state index contributed by atoms with van der Waals surface area (Å²) >= 11 is 1.49. The Hall–Kier alpha value is -1.12. The first-order valence-corrected chi connectivity index (χ1v) is 7.50. The van der Waals surface area contributed by atoms with E-state index in [4.69, 9.17) is 5.73 Å². The summed E-state index contributed by atoms with van der Waals surface area (Å²) in [6.45, 7) is 2.06. The van der Waals surface area contributed by atoms with Crippen LogP contribution in [0.5, 0.6) is 0 Å². The van der Waals surface area contributed by atoms with Crippen LogP contribution in [-0.4, -0.2) is 64.5 Å². The predicted octanol–water partition coefficient (Wildman–Crippen LogP) is -0.914. The molecule has 8 heteroatoms. The number of aldehydes is 1. The predicted molar refractivity (Wildman–Crippen MR) is 78.0 cm³/mol. The van der Waals surface area contributed by atoms with E-state index in [0.29, 0.717) is 25.0 Å². The average Bonchev–Trinajstić information content (AvgIpc) is 2.79. The van der Waals surface area contributed by atoms with Crippen LogP contribution in [0.15, 0.2) is 4.99 Å². The third-order valence-corrected chi connectivity index (χ3v) is 4.67. The zero-order valence-corrected chi connectivity index (χ0v) is 12.1. The van der Waals surface area contributed by atoms with Crippen molar-refractivity contribution in [3.8, 4) is 0 Å². The molecule has 0 aromatic rings. The Labute approximate surface area is 122 Å². The molecule has 1 heterocycles. The molecular weight excluding hydrogens is 282 g/mol. The van der Waals surface area contributed by atoms with Crippen LogP contribution in [-0.2, 0) is 9.59 Å². The van der Waals surface area contributed by atoms with E-state index >= 15 is 0 Å². The second-order valence-corrected chi connectivity index (χ2v) is 6.09. The van der Waals surface area contributed by atoms with Gasteiger partial charge in [-0.3, -0.25) is 15.1 Å². The Balaban J connectivity index is 2.63. The van der Waals surface area contributed by atoms with Gasteiger partial charge in [0.25, 0.3) is 0 Å². The van der Waals surface area contributed by atoms with E-state index in [9.17, 15) is 19.8 Å². The van der Waals surface area contributed by atoms with Crippen LogP contribution in [0.3, 0.4) is 0 Å². The fourth-order valence-electron chi connectivity index (χ4n) is 2.33. The first-order chi connectivity index (χ1) is 9.51. The Morgan fingerprint density at radius 3 is 2.85 bits per heavy atom. The minimum atomic E-state index is -0.942. The quantitative estimate of drug-likeness (QED) is 0.198. The van der Waals surface area contributed by atoms with Crippen molar-refractivity contribution in [3.63, 3.8) is 0 Å². The lowest BCUT2D eigenvalue weighted by atomic mass is 9.95. The number of aliphatic imine (C=N–C) groups is 1. The highest BCUT2D eigenvalue weighted by molar-refractivity contribution is 8.00. The monoisotopic (exact) mass is 303 g/mol. The van der Waals surface area contributed by atoms with Gasteiger partial charge in [-0.2, -0.15) is 11.8 Å². The second kappa shape index (κ2) is 8.23. The van der Waals surface area contributed by atoms with Crippen molar-refractivity contribution < 1.29 is 19.8 Å². The number of carbonyl (C=O) groups excluding carboxylic acids is 1. The number of nitrogens with one attached hydrogen (secondary N) is 1. The van der Waals surface area contributed by atoms with Crippen LogP contribution >= 0.6 is 11.8 Å². The van der Waals surface area contributed by atoms with Gasteiger partial charge in [-0.1, -0.05) is 0 Å². The molecule has 0 amide bonds. The molecule has 0 aromatic heterocycles. The standard InChI is InChI=1S/C12H21N3O4S/c1-7(17)8(5-16)9-4-10(11(15-9)12(18)19)20-3-2-14-6-13/h5-11,15,17H,2-4H2,1H3,(H2,13,14)(H,18,19)/t7-,8-,9-,10-,11-/m1/s1. The molecule has 0 bridgehead atoms. The molecule has 0 aromatic carbocycles. The summed E-state index contributed by atoms with van der Waals surface area (Å²) in [6.07, 6.45) is 1.64. The van der Waals surface area contributed by atoms with Crippen molar-refractivity contribution in [1.82, 2.24) is 5.32 Å². The lowest BCUT2D eigenvalue weighted by Crippen LogP contribution is -2.44. The van der Waals surface area contributed by atoms with Crippen molar-refractivity contribution in [2.45, 2.75) is 36.8 Å². The van der Waals surface area contributed by atoms with Gasteiger partial charge in [0.15, 0.2) is 0 Å². The number of carbonyl (C=O) groups is 2. The van der Waals surface area contributed by atoms with Crippen molar-refractivity contribution in [2.75, 3.05) is 12.3 Å². The minimum absolute atomic E-state index is 0.147. The number of aliphatic hydroxyl groups is 1. The maximum absolute atomic E-state index is 11.3.